The Hall–Kier alpha value is -3.71. The second kappa shape index (κ2) is 22.5. The number of fused-ring (bicyclic) bond motifs is 6. The molecule has 6 bridgehead atoms. The number of carbonyl (C=O) groups excluding carboxylic acids is 5. The molecule has 0 radical (unpaired) electrons. The Labute approximate surface area is 370 Å². The fraction of sp³-hybridized carbons (Fsp3) is 0.761. The maximum Gasteiger partial charge on any atom is 0.330 e. The first-order valence-corrected chi connectivity index (χ1v) is 22.1. The van der Waals surface area contributed by atoms with E-state index in [1.165, 1.54) is 27.2 Å². The minimum absolute atomic E-state index is 0.0394. The van der Waals surface area contributed by atoms with E-state index in [9.17, 15) is 44.4 Å². The fourth-order valence-corrected chi connectivity index (χ4v) is 8.87. The molecular formula is C46H70O17. The number of carbonyl (C=O) groups is 5. The molecule has 4 aliphatic heterocycles. The van der Waals surface area contributed by atoms with Crippen molar-refractivity contribution >= 4 is 29.8 Å². The van der Waals surface area contributed by atoms with Crippen LogP contribution in [0.25, 0.3) is 0 Å². The number of methoxy groups -OCH3 is 2. The number of cyclic esters (lactones) is 1. The summed E-state index contributed by atoms with van der Waals surface area (Å²) >= 11 is 0. The Morgan fingerprint density at radius 1 is 0.841 bits per heavy atom. The van der Waals surface area contributed by atoms with E-state index in [0.29, 0.717) is 12.0 Å². The Morgan fingerprint density at radius 2 is 1.52 bits per heavy atom. The van der Waals surface area contributed by atoms with Gasteiger partial charge in [0.25, 0.3) is 0 Å². The molecule has 4 aliphatic rings. The van der Waals surface area contributed by atoms with Gasteiger partial charge >= 0.3 is 29.8 Å². The molecule has 4 rings (SSSR count). The van der Waals surface area contributed by atoms with Gasteiger partial charge in [0, 0.05) is 56.6 Å². The van der Waals surface area contributed by atoms with Crippen LogP contribution in [0, 0.1) is 10.8 Å². The van der Waals surface area contributed by atoms with E-state index < -0.39 is 114 Å². The number of aliphatic hydroxyl groups is 4. The average Bonchev–Trinajstić information content (AvgIpc) is 3.19. The molecule has 4 N–H and O–H groups in total. The lowest BCUT2D eigenvalue weighted by atomic mass is 9.70. The Kier molecular flexibility index (Phi) is 18.5. The summed E-state index contributed by atoms with van der Waals surface area (Å²) in [5.41, 5.74) is -1.93. The minimum atomic E-state index is -2.40. The van der Waals surface area contributed by atoms with Gasteiger partial charge in [0.05, 0.1) is 63.2 Å². The first-order chi connectivity index (χ1) is 29.6. The van der Waals surface area contributed by atoms with Gasteiger partial charge in [-0.3, -0.25) is 14.4 Å². The summed E-state index contributed by atoms with van der Waals surface area (Å²) in [6, 6.07) is 0. The van der Waals surface area contributed by atoms with E-state index >= 15 is 0 Å². The second-order valence-corrected chi connectivity index (χ2v) is 18.4. The zero-order chi connectivity index (χ0) is 46.8. The van der Waals surface area contributed by atoms with Crippen molar-refractivity contribution in [3.63, 3.8) is 0 Å². The van der Waals surface area contributed by atoms with Crippen LogP contribution in [0.2, 0.25) is 0 Å². The van der Waals surface area contributed by atoms with E-state index in [2.05, 4.69) is 6.92 Å². The average molecular weight is 895 g/mol. The van der Waals surface area contributed by atoms with Crippen LogP contribution in [-0.4, -0.2) is 132 Å². The second-order valence-electron chi connectivity index (χ2n) is 18.4. The van der Waals surface area contributed by atoms with Crippen LogP contribution in [0.5, 0.6) is 0 Å². The van der Waals surface area contributed by atoms with Gasteiger partial charge in [0.1, 0.15) is 12.2 Å². The highest BCUT2D eigenvalue weighted by molar-refractivity contribution is 5.83. The van der Waals surface area contributed by atoms with E-state index in [1.54, 1.807) is 39.8 Å². The third-order valence-electron chi connectivity index (χ3n) is 12.7. The quantitative estimate of drug-likeness (QED) is 0.0742. The summed E-state index contributed by atoms with van der Waals surface area (Å²) in [4.78, 5) is 64.5. The molecule has 0 amide bonds. The van der Waals surface area contributed by atoms with Crippen LogP contribution in [0.1, 0.15) is 131 Å². The smallest absolute Gasteiger partial charge is 0.330 e. The maximum atomic E-state index is 13.5. The van der Waals surface area contributed by atoms with Crippen molar-refractivity contribution in [3.8, 4) is 0 Å². The molecule has 0 aromatic carbocycles. The summed E-state index contributed by atoms with van der Waals surface area (Å²) in [5, 5.41) is 47.0. The van der Waals surface area contributed by atoms with Crippen LogP contribution >= 0.6 is 0 Å². The van der Waals surface area contributed by atoms with Gasteiger partial charge in [0.2, 0.25) is 5.79 Å². The Morgan fingerprint density at radius 3 is 2.17 bits per heavy atom. The standard InChI is InChI=1S/C46H70O17/c1-9-10-11-12-13-14-38(50)61-42-30(21-40(52)57-8)20-33-24-36(27-47)60-41(53)23-31(49)22-34-25-37(58-28(2)48)44(5,6)45(54,62-34)26-35-18-29(19-39(51)56-7)17-32(59-35)15-16-43(3,4)46(42,55)63-33/h15-16,19,21,31-37,42,47,49,54-55H,9-14,17-18,20,22-27H2,1-8H3/b16-15+,29-19-,30-21+/t31-,32+,33+,34-,35+,36-,37+,42+,45?,46-/m1/s1. The monoisotopic (exact) mass is 894 g/mol. The number of aliphatic hydroxyl groups excluding tert-OH is 2. The van der Waals surface area contributed by atoms with Gasteiger partial charge in [0.15, 0.2) is 11.9 Å². The van der Waals surface area contributed by atoms with E-state index in [1.807, 2.05) is 0 Å². The van der Waals surface area contributed by atoms with E-state index in [0.717, 1.165) is 31.8 Å². The molecule has 0 aliphatic carbocycles. The maximum absolute atomic E-state index is 13.5. The van der Waals surface area contributed by atoms with Gasteiger partial charge < -0.3 is 58.3 Å². The molecule has 0 saturated carbocycles. The number of rotatable bonds is 11. The van der Waals surface area contributed by atoms with Crippen molar-refractivity contribution in [3.05, 3.63) is 35.5 Å². The summed E-state index contributed by atoms with van der Waals surface area (Å²) in [5.74, 6) is -7.94. The molecule has 10 atom stereocenters. The molecule has 63 heavy (non-hydrogen) atoms. The molecule has 0 aromatic rings. The normalized spacial score (nSPS) is 35.4. The molecule has 17 nitrogen and oxygen atoms in total. The third-order valence-corrected chi connectivity index (χ3v) is 12.7. The highest BCUT2D eigenvalue weighted by Gasteiger charge is 2.59. The number of unbranched alkanes of at least 4 members (excludes halogenated alkanes) is 4. The predicted molar refractivity (Wildman–Crippen MR) is 224 cm³/mol. The van der Waals surface area contributed by atoms with Gasteiger partial charge in [-0.25, -0.2) is 9.59 Å². The number of esters is 5. The molecule has 356 valence electrons. The molecule has 3 saturated heterocycles. The SMILES string of the molecule is CCCCCCCC(=O)O[C@H]1/C(=C/C(=O)OC)C[C@H]2C[C@H](CO)OC(=O)C[C@H](O)C[C@@H]3C[C@H](OC(C)=O)C(C)(C)C(O)(C[C@@H]4C/C(=C\C(=O)OC)C[C@H](/C=C/C(C)(C)[C@]1(O)O2)O4)O3. The van der Waals surface area contributed by atoms with Crippen molar-refractivity contribution < 1.29 is 82.3 Å². The lowest BCUT2D eigenvalue weighted by Crippen LogP contribution is -2.62. The van der Waals surface area contributed by atoms with Crippen LogP contribution in [0.15, 0.2) is 35.5 Å². The number of hydrogen-bond donors (Lipinski definition) is 4. The highest BCUT2D eigenvalue weighted by atomic mass is 16.7. The lowest BCUT2D eigenvalue weighted by Gasteiger charge is -2.53. The Balaban J connectivity index is 1.84. The molecule has 0 aromatic heterocycles. The molecule has 3 fully saturated rings. The van der Waals surface area contributed by atoms with Crippen molar-refractivity contribution in [1.29, 1.82) is 0 Å². The van der Waals surface area contributed by atoms with Crippen LogP contribution in [-0.2, 0) is 61.9 Å². The first kappa shape index (κ1) is 51.9. The van der Waals surface area contributed by atoms with Crippen LogP contribution in [0.3, 0.4) is 0 Å². The fourth-order valence-electron chi connectivity index (χ4n) is 8.87. The summed E-state index contributed by atoms with van der Waals surface area (Å²) in [6.45, 7) is 9.29. The Bertz CT molecular complexity index is 1700. The molecular weight excluding hydrogens is 824 g/mol. The topological polar surface area (TPSA) is 240 Å². The summed E-state index contributed by atoms with van der Waals surface area (Å²) < 4.78 is 46.7. The van der Waals surface area contributed by atoms with Gasteiger partial charge in [-0.1, -0.05) is 78.0 Å². The summed E-state index contributed by atoms with van der Waals surface area (Å²) in [6.07, 6.45) is 0.818. The zero-order valence-electron chi connectivity index (χ0n) is 38.1. The van der Waals surface area contributed by atoms with Crippen molar-refractivity contribution in [1.82, 2.24) is 0 Å². The van der Waals surface area contributed by atoms with Crippen LogP contribution < -0.4 is 0 Å². The number of hydrogen-bond acceptors (Lipinski definition) is 17. The highest BCUT2D eigenvalue weighted by Crippen LogP contribution is 2.50. The largest absolute Gasteiger partial charge is 0.466 e. The van der Waals surface area contributed by atoms with Crippen LogP contribution in [0.4, 0.5) is 0 Å². The minimum Gasteiger partial charge on any atom is -0.466 e. The lowest BCUT2D eigenvalue weighted by molar-refractivity contribution is -0.348. The first-order valence-electron chi connectivity index (χ1n) is 22.1. The van der Waals surface area contributed by atoms with Crippen molar-refractivity contribution in [2.24, 2.45) is 10.8 Å². The van der Waals surface area contributed by atoms with Gasteiger partial charge in [-0.2, -0.15) is 0 Å². The van der Waals surface area contributed by atoms with E-state index in [4.69, 9.17) is 37.9 Å². The molecule has 1 unspecified atom stereocenters. The third kappa shape index (κ3) is 13.7. The van der Waals surface area contributed by atoms with Gasteiger partial charge in [-0.15, -0.1) is 0 Å². The van der Waals surface area contributed by atoms with Gasteiger partial charge in [-0.05, 0) is 31.3 Å². The predicted octanol–water partition coefficient (Wildman–Crippen LogP) is 4.34. The number of ether oxygens (including phenoxy) is 8. The van der Waals surface area contributed by atoms with Crippen molar-refractivity contribution in [2.45, 2.75) is 192 Å². The molecule has 4 heterocycles. The molecule has 0 spiro atoms. The van der Waals surface area contributed by atoms with Crippen molar-refractivity contribution in [2.75, 3.05) is 20.8 Å². The zero-order valence-corrected chi connectivity index (χ0v) is 38.1. The van der Waals surface area contributed by atoms with E-state index in [-0.39, 0.29) is 56.9 Å². The molecule has 17 heteroatoms. The summed E-state index contributed by atoms with van der Waals surface area (Å²) in [7, 11) is 2.43.